The van der Waals surface area contributed by atoms with Crippen LogP contribution in [0.1, 0.15) is 11.3 Å². The minimum atomic E-state index is -4.18. The molecule has 0 spiro atoms. The van der Waals surface area contributed by atoms with E-state index in [0.717, 1.165) is 20.1 Å². The van der Waals surface area contributed by atoms with Crippen molar-refractivity contribution in [2.24, 2.45) is 0 Å². The Morgan fingerprint density at radius 2 is 1.57 bits per heavy atom. The number of nitrogens with zero attached hydrogens (tertiary/aromatic N) is 6. The number of hydrogen-bond donors (Lipinski definition) is 0. The number of rotatable bonds is 2. The third-order valence-electron chi connectivity index (χ3n) is 5.53. The molecule has 0 atom stereocenters. The Bertz CT molecular complexity index is 1350. The molecule has 0 saturated carbocycles. The van der Waals surface area contributed by atoms with E-state index in [1.165, 1.54) is 12.7 Å². The molecule has 0 fully saturated rings. The molecule has 5 heterocycles. The van der Waals surface area contributed by atoms with Crippen molar-refractivity contribution in [2.75, 3.05) is 0 Å². The van der Waals surface area contributed by atoms with Crippen LogP contribution in [-0.4, -0.2) is 40.9 Å². The summed E-state index contributed by atoms with van der Waals surface area (Å²) in [7, 11) is 0. The van der Waals surface area contributed by atoms with E-state index in [2.05, 4.69) is 9.97 Å². The van der Waals surface area contributed by atoms with Crippen molar-refractivity contribution < 1.29 is 13.1 Å². The van der Waals surface area contributed by atoms with Gasteiger partial charge in [0.15, 0.2) is 6.33 Å². The average Bonchev–Trinajstić information content (AvgIpc) is 3.54. The fraction of sp³-hybridized carbons (Fsp3) is 0. The Morgan fingerprint density at radius 1 is 0.833 bits per heavy atom. The minimum Gasteiger partial charge on any atom is -0.414 e. The van der Waals surface area contributed by atoms with Gasteiger partial charge in [-0.3, -0.25) is 4.57 Å². The lowest BCUT2D eigenvalue weighted by Crippen LogP contribution is -2.52. The molecule has 30 heavy (non-hydrogen) atoms. The summed E-state index contributed by atoms with van der Waals surface area (Å²) in [5.74, 6) is 0.716. The summed E-state index contributed by atoms with van der Waals surface area (Å²) < 4.78 is 37.8. The maximum absolute atomic E-state index is 16.2. The van der Waals surface area contributed by atoms with Gasteiger partial charge in [-0.05, 0) is 23.8 Å². The third kappa shape index (κ3) is 2.20. The topological polar surface area (TPSA) is 43.6 Å². The Labute approximate surface area is 170 Å². The molecule has 1 aromatic carbocycles. The van der Waals surface area contributed by atoms with E-state index in [1.807, 2.05) is 30.3 Å². The number of halogens is 2. The molecule has 0 saturated heterocycles. The number of fused-ring (bicyclic) bond motifs is 2. The van der Waals surface area contributed by atoms with Crippen molar-refractivity contribution >= 4 is 18.4 Å². The van der Waals surface area contributed by atoms with Crippen molar-refractivity contribution in [3.63, 3.8) is 0 Å². The minimum absolute atomic E-state index is 0.358. The molecule has 0 N–H and O–H groups in total. The Morgan fingerprint density at radius 3 is 2.27 bits per heavy atom. The lowest BCUT2D eigenvalue weighted by atomic mass is 9.86. The van der Waals surface area contributed by atoms with Gasteiger partial charge >= 0.3 is 6.97 Å². The SMILES string of the molecule is F[B-]1(F)n2c(ccc2-n2ccnc2)C(c2ccccc2)=C2C=CC(n3ccnc3)=[N+]21. The number of benzene rings is 1. The van der Waals surface area contributed by atoms with E-state index in [1.54, 1.807) is 58.2 Å². The van der Waals surface area contributed by atoms with Crippen LogP contribution in [0.15, 0.2) is 97.8 Å². The highest BCUT2D eigenvalue weighted by atomic mass is 19.2. The number of imidazole rings is 2. The average molecular weight is 400 g/mol. The van der Waals surface area contributed by atoms with Gasteiger partial charge < -0.3 is 17.6 Å². The Kier molecular flexibility index (Phi) is 3.38. The number of hydrogen-bond acceptors (Lipinski definition) is 2. The first-order valence-electron chi connectivity index (χ1n) is 9.51. The second-order valence-electron chi connectivity index (χ2n) is 7.16. The maximum Gasteiger partial charge on any atom is 0.640 e. The highest BCUT2D eigenvalue weighted by molar-refractivity contribution is 6.58. The smallest absolute Gasteiger partial charge is 0.414 e. The van der Waals surface area contributed by atoms with Crippen LogP contribution in [0.5, 0.6) is 0 Å². The van der Waals surface area contributed by atoms with Crippen LogP contribution in [-0.2, 0) is 0 Å². The molecule has 9 heteroatoms. The standard InChI is InChI=1S/C21H15BF2N6/c23-22(24)29-17(6-8-19(29)27-12-10-25-14-27)21(16-4-2-1-3-5-16)18-7-9-20(30(18)22)28-13-11-26-15-28/h1-15H. The molecule has 0 unspecified atom stereocenters. The van der Waals surface area contributed by atoms with E-state index in [-0.39, 0.29) is 0 Å². The molecular formula is C21H15BF2N6. The zero-order valence-corrected chi connectivity index (χ0v) is 15.7. The summed E-state index contributed by atoms with van der Waals surface area (Å²) in [6, 6.07) is 13.1. The molecule has 6 rings (SSSR count). The van der Waals surface area contributed by atoms with Gasteiger partial charge in [0.05, 0.1) is 17.7 Å². The first-order chi connectivity index (χ1) is 14.7. The fourth-order valence-electron chi connectivity index (χ4n) is 4.29. The van der Waals surface area contributed by atoms with Crippen LogP contribution in [0.25, 0.3) is 11.4 Å². The molecule has 4 aromatic rings. The summed E-state index contributed by atoms with van der Waals surface area (Å²) in [6.45, 7) is -4.18. The Balaban J connectivity index is 1.72. The first kappa shape index (κ1) is 16.9. The molecular weight excluding hydrogens is 385 g/mol. The highest BCUT2D eigenvalue weighted by Crippen LogP contribution is 2.41. The van der Waals surface area contributed by atoms with Crippen LogP contribution < -0.4 is 0 Å². The summed E-state index contributed by atoms with van der Waals surface area (Å²) in [5, 5.41) is 0. The molecule has 2 aliphatic rings. The third-order valence-corrected chi connectivity index (χ3v) is 5.53. The van der Waals surface area contributed by atoms with Crippen molar-refractivity contribution in [3.8, 4) is 5.82 Å². The monoisotopic (exact) mass is 400 g/mol. The first-order valence-corrected chi connectivity index (χ1v) is 9.51. The van der Waals surface area contributed by atoms with Gasteiger partial charge in [0.25, 0.3) is 0 Å². The predicted molar refractivity (Wildman–Crippen MR) is 109 cm³/mol. The molecule has 2 aliphatic heterocycles. The molecule has 0 amide bonds. The summed E-state index contributed by atoms with van der Waals surface area (Å²) in [6.07, 6.45) is 13.0. The quantitative estimate of drug-likeness (QED) is 0.485. The van der Waals surface area contributed by atoms with Crippen LogP contribution in [0.3, 0.4) is 0 Å². The molecule has 0 aliphatic carbocycles. The second-order valence-corrected chi connectivity index (χ2v) is 7.16. The molecule has 0 bridgehead atoms. The normalized spacial score (nSPS) is 16.9. The van der Waals surface area contributed by atoms with Gasteiger partial charge in [-0.1, -0.05) is 30.3 Å². The van der Waals surface area contributed by atoms with E-state index < -0.39 is 6.97 Å². The van der Waals surface area contributed by atoms with Crippen molar-refractivity contribution in [1.29, 1.82) is 0 Å². The predicted octanol–water partition coefficient (Wildman–Crippen LogP) is 3.40. The van der Waals surface area contributed by atoms with Crippen molar-refractivity contribution in [2.45, 2.75) is 0 Å². The van der Waals surface area contributed by atoms with Crippen molar-refractivity contribution in [1.82, 2.24) is 23.6 Å². The van der Waals surface area contributed by atoms with Gasteiger partial charge in [0, 0.05) is 29.7 Å². The van der Waals surface area contributed by atoms with Gasteiger partial charge in [-0.25, -0.2) is 9.97 Å². The fourth-order valence-corrected chi connectivity index (χ4v) is 4.29. The van der Waals surface area contributed by atoms with E-state index in [4.69, 9.17) is 0 Å². The van der Waals surface area contributed by atoms with Crippen LogP contribution >= 0.6 is 0 Å². The zero-order valence-electron chi connectivity index (χ0n) is 15.7. The van der Waals surface area contributed by atoms with Crippen LogP contribution in [0, 0.1) is 0 Å². The van der Waals surface area contributed by atoms with Gasteiger partial charge in [0.1, 0.15) is 12.5 Å². The van der Waals surface area contributed by atoms with Crippen molar-refractivity contribution in [3.05, 3.63) is 109 Å². The van der Waals surface area contributed by atoms with E-state index in [0.29, 0.717) is 23.0 Å². The number of allylic oxidation sites excluding steroid dienone is 2. The highest BCUT2D eigenvalue weighted by Gasteiger charge is 2.50. The lowest BCUT2D eigenvalue weighted by Gasteiger charge is -2.36. The van der Waals surface area contributed by atoms with Gasteiger partial charge in [-0.15, -0.1) is 0 Å². The number of aromatic nitrogens is 5. The summed E-state index contributed by atoms with van der Waals surface area (Å²) in [4.78, 5) is 8.06. The Hall–Kier alpha value is -4.01. The molecule has 146 valence electrons. The molecule has 0 radical (unpaired) electrons. The van der Waals surface area contributed by atoms with E-state index in [9.17, 15) is 0 Å². The largest absolute Gasteiger partial charge is 0.640 e. The molecule has 3 aromatic heterocycles. The van der Waals surface area contributed by atoms with Gasteiger partial charge in [0.2, 0.25) is 5.84 Å². The van der Waals surface area contributed by atoms with Gasteiger partial charge in [-0.2, -0.15) is 4.57 Å². The van der Waals surface area contributed by atoms with E-state index >= 15 is 8.63 Å². The zero-order chi connectivity index (χ0) is 20.3. The van der Waals surface area contributed by atoms with Crippen LogP contribution in [0.4, 0.5) is 8.63 Å². The second kappa shape index (κ2) is 5.99. The summed E-state index contributed by atoms with van der Waals surface area (Å²) >= 11 is 0. The van der Waals surface area contributed by atoms with Crippen LogP contribution in [0.2, 0.25) is 0 Å². The summed E-state index contributed by atoms with van der Waals surface area (Å²) in [5.41, 5.74) is 2.56. The maximum atomic E-state index is 16.2. The lowest BCUT2D eigenvalue weighted by molar-refractivity contribution is -0.363. The molecule has 6 nitrogen and oxygen atoms in total.